The molecule has 3 rings (SSSR count). The van der Waals surface area contributed by atoms with E-state index in [0.717, 1.165) is 28.9 Å². The summed E-state index contributed by atoms with van der Waals surface area (Å²) in [7, 11) is 3.28. The number of methoxy groups -OCH3 is 2. The van der Waals surface area contributed by atoms with Crippen LogP contribution in [0.4, 0.5) is 0 Å². The molecule has 0 saturated carbocycles. The van der Waals surface area contributed by atoms with Gasteiger partial charge >= 0.3 is 0 Å². The van der Waals surface area contributed by atoms with E-state index in [0.29, 0.717) is 0 Å². The minimum Gasteiger partial charge on any atom is -0.497 e. The van der Waals surface area contributed by atoms with Gasteiger partial charge in [0.15, 0.2) is 6.79 Å². The first-order chi connectivity index (χ1) is 12.2. The van der Waals surface area contributed by atoms with Crippen molar-refractivity contribution in [2.45, 2.75) is 12.5 Å². The van der Waals surface area contributed by atoms with Crippen molar-refractivity contribution < 1.29 is 14.2 Å². The SMILES string of the molecule is COCOc1cccc(C(N)Cc2ccc3cc(OC)ccc3c2)c1. The summed E-state index contributed by atoms with van der Waals surface area (Å²) in [6.07, 6.45) is 0.760. The average molecular weight is 337 g/mol. The quantitative estimate of drug-likeness (QED) is 0.660. The highest BCUT2D eigenvalue weighted by Gasteiger charge is 2.09. The number of fused-ring (bicyclic) bond motifs is 1. The van der Waals surface area contributed by atoms with Gasteiger partial charge in [0.1, 0.15) is 11.5 Å². The number of nitrogens with two attached hydrogens (primary N) is 1. The van der Waals surface area contributed by atoms with E-state index in [9.17, 15) is 0 Å². The van der Waals surface area contributed by atoms with E-state index in [2.05, 4.69) is 24.3 Å². The molecule has 1 atom stereocenters. The van der Waals surface area contributed by atoms with Crippen LogP contribution >= 0.6 is 0 Å². The average Bonchev–Trinajstić information content (AvgIpc) is 2.66. The van der Waals surface area contributed by atoms with Crippen molar-refractivity contribution in [1.82, 2.24) is 0 Å². The van der Waals surface area contributed by atoms with Crippen LogP contribution in [0.3, 0.4) is 0 Å². The maximum Gasteiger partial charge on any atom is 0.188 e. The largest absolute Gasteiger partial charge is 0.497 e. The smallest absolute Gasteiger partial charge is 0.188 e. The molecule has 0 fully saturated rings. The molecule has 25 heavy (non-hydrogen) atoms. The van der Waals surface area contributed by atoms with Gasteiger partial charge in [-0.25, -0.2) is 0 Å². The van der Waals surface area contributed by atoms with Crippen LogP contribution in [0.2, 0.25) is 0 Å². The molecular weight excluding hydrogens is 314 g/mol. The second-order valence-corrected chi connectivity index (χ2v) is 5.98. The second-order valence-electron chi connectivity index (χ2n) is 5.98. The van der Waals surface area contributed by atoms with Gasteiger partial charge in [-0.3, -0.25) is 0 Å². The van der Waals surface area contributed by atoms with E-state index in [-0.39, 0.29) is 12.8 Å². The summed E-state index contributed by atoms with van der Waals surface area (Å²) in [6.45, 7) is 0.229. The lowest BCUT2D eigenvalue weighted by molar-refractivity contribution is 0.0510. The van der Waals surface area contributed by atoms with Crippen LogP contribution in [-0.4, -0.2) is 21.0 Å². The highest BCUT2D eigenvalue weighted by Crippen LogP contribution is 2.25. The topological polar surface area (TPSA) is 53.7 Å². The first-order valence-corrected chi connectivity index (χ1v) is 8.23. The third-order valence-corrected chi connectivity index (χ3v) is 4.20. The maximum atomic E-state index is 6.41. The van der Waals surface area contributed by atoms with Crippen molar-refractivity contribution in [3.05, 3.63) is 71.8 Å². The summed E-state index contributed by atoms with van der Waals surface area (Å²) in [5, 5.41) is 2.34. The van der Waals surface area contributed by atoms with E-state index < -0.39 is 0 Å². The predicted octanol–water partition coefficient (Wildman–Crippen LogP) is 4.07. The van der Waals surface area contributed by atoms with Gasteiger partial charge in [-0.15, -0.1) is 0 Å². The van der Waals surface area contributed by atoms with Gasteiger partial charge in [0.25, 0.3) is 0 Å². The lowest BCUT2D eigenvalue weighted by Crippen LogP contribution is -2.13. The zero-order chi connectivity index (χ0) is 17.6. The zero-order valence-electron chi connectivity index (χ0n) is 14.6. The van der Waals surface area contributed by atoms with Crippen molar-refractivity contribution in [2.24, 2.45) is 5.73 Å². The molecule has 0 bridgehead atoms. The summed E-state index contributed by atoms with van der Waals surface area (Å²) < 4.78 is 15.7. The van der Waals surface area contributed by atoms with Crippen LogP contribution in [0.5, 0.6) is 11.5 Å². The fourth-order valence-electron chi connectivity index (χ4n) is 2.86. The normalized spacial score (nSPS) is 12.1. The zero-order valence-corrected chi connectivity index (χ0v) is 14.6. The maximum absolute atomic E-state index is 6.41. The number of hydrogen-bond acceptors (Lipinski definition) is 4. The Labute approximate surface area is 148 Å². The molecule has 2 N–H and O–H groups in total. The Balaban J connectivity index is 1.76. The highest BCUT2D eigenvalue weighted by molar-refractivity contribution is 5.84. The van der Waals surface area contributed by atoms with Gasteiger partial charge < -0.3 is 19.9 Å². The van der Waals surface area contributed by atoms with Crippen LogP contribution in [0.15, 0.2) is 60.7 Å². The molecule has 3 aromatic rings. The number of rotatable bonds is 7. The van der Waals surface area contributed by atoms with Crippen molar-refractivity contribution in [2.75, 3.05) is 21.0 Å². The van der Waals surface area contributed by atoms with Crippen LogP contribution in [-0.2, 0) is 11.2 Å². The van der Waals surface area contributed by atoms with E-state index in [1.54, 1.807) is 14.2 Å². The molecule has 0 aliphatic rings. The van der Waals surface area contributed by atoms with Gasteiger partial charge in [-0.05, 0) is 52.6 Å². The summed E-state index contributed by atoms with van der Waals surface area (Å²) >= 11 is 0. The molecule has 4 nitrogen and oxygen atoms in total. The second kappa shape index (κ2) is 8.01. The number of hydrogen-bond donors (Lipinski definition) is 1. The molecule has 0 radical (unpaired) electrons. The Morgan fingerprint density at radius 2 is 1.68 bits per heavy atom. The summed E-state index contributed by atoms with van der Waals surface area (Å²) in [5.41, 5.74) is 8.65. The molecule has 0 heterocycles. The van der Waals surface area contributed by atoms with E-state index in [4.69, 9.17) is 19.9 Å². The fraction of sp³-hybridized carbons (Fsp3) is 0.238. The minimum absolute atomic E-state index is 0.0956. The third-order valence-electron chi connectivity index (χ3n) is 4.20. The van der Waals surface area contributed by atoms with Crippen LogP contribution < -0.4 is 15.2 Å². The summed E-state index contributed by atoms with van der Waals surface area (Å²) in [5.74, 6) is 1.63. The van der Waals surface area contributed by atoms with Gasteiger partial charge in [0.2, 0.25) is 0 Å². The molecule has 0 saturated heterocycles. The van der Waals surface area contributed by atoms with E-state index in [1.165, 1.54) is 10.9 Å². The van der Waals surface area contributed by atoms with Gasteiger partial charge in [0.05, 0.1) is 7.11 Å². The highest BCUT2D eigenvalue weighted by atomic mass is 16.7. The molecule has 0 spiro atoms. The molecule has 1 unspecified atom stereocenters. The molecule has 0 amide bonds. The van der Waals surface area contributed by atoms with Crippen molar-refractivity contribution >= 4 is 10.8 Å². The first kappa shape index (κ1) is 17.3. The molecular formula is C21H23NO3. The Hall–Kier alpha value is -2.56. The van der Waals surface area contributed by atoms with E-state index >= 15 is 0 Å². The molecule has 0 aliphatic carbocycles. The fourth-order valence-corrected chi connectivity index (χ4v) is 2.86. The Morgan fingerprint density at radius 1 is 0.880 bits per heavy atom. The van der Waals surface area contributed by atoms with Crippen LogP contribution in [0.25, 0.3) is 10.8 Å². The van der Waals surface area contributed by atoms with Gasteiger partial charge in [-0.2, -0.15) is 0 Å². The minimum atomic E-state index is -0.0956. The lowest BCUT2D eigenvalue weighted by atomic mass is 9.97. The summed E-state index contributed by atoms with van der Waals surface area (Å²) in [4.78, 5) is 0. The van der Waals surface area contributed by atoms with Gasteiger partial charge in [-0.1, -0.05) is 36.4 Å². The predicted molar refractivity (Wildman–Crippen MR) is 100 cm³/mol. The number of benzene rings is 3. The molecule has 0 aromatic heterocycles. The van der Waals surface area contributed by atoms with Crippen molar-refractivity contribution in [3.63, 3.8) is 0 Å². The summed E-state index contributed by atoms with van der Waals surface area (Å²) in [6, 6.07) is 20.2. The van der Waals surface area contributed by atoms with Gasteiger partial charge in [0, 0.05) is 13.2 Å². The monoisotopic (exact) mass is 337 g/mol. The van der Waals surface area contributed by atoms with E-state index in [1.807, 2.05) is 36.4 Å². The lowest BCUT2D eigenvalue weighted by Gasteiger charge is -2.14. The van der Waals surface area contributed by atoms with Crippen molar-refractivity contribution in [1.29, 1.82) is 0 Å². The standard InChI is InChI=1S/C21H23NO3/c1-23-14-25-20-5-3-4-18(13-20)21(22)11-15-6-7-17-12-19(24-2)9-8-16(17)10-15/h3-10,12-13,21H,11,14,22H2,1-2H3. The molecule has 0 aliphatic heterocycles. The van der Waals surface area contributed by atoms with Crippen LogP contribution in [0, 0.1) is 0 Å². The van der Waals surface area contributed by atoms with Crippen molar-refractivity contribution in [3.8, 4) is 11.5 Å². The number of ether oxygens (including phenoxy) is 3. The Kier molecular flexibility index (Phi) is 5.53. The molecule has 4 heteroatoms. The third kappa shape index (κ3) is 4.29. The Bertz CT molecular complexity index is 847. The molecule has 130 valence electrons. The Morgan fingerprint density at radius 3 is 2.48 bits per heavy atom. The molecule has 3 aromatic carbocycles. The van der Waals surface area contributed by atoms with Crippen LogP contribution in [0.1, 0.15) is 17.2 Å². The first-order valence-electron chi connectivity index (χ1n) is 8.23.